The lowest BCUT2D eigenvalue weighted by atomic mass is 10.1. The molecule has 0 aliphatic rings. The molecule has 4 rings (SSSR count). The third-order valence-corrected chi connectivity index (χ3v) is 7.52. The summed E-state index contributed by atoms with van der Waals surface area (Å²) in [6, 6.07) is 18.6. The molecule has 0 aliphatic carbocycles. The molecule has 8 heteroatoms. The van der Waals surface area contributed by atoms with Crippen LogP contribution in [0.3, 0.4) is 0 Å². The molecule has 0 unspecified atom stereocenters. The summed E-state index contributed by atoms with van der Waals surface area (Å²) < 4.78 is 33.8. The van der Waals surface area contributed by atoms with E-state index < -0.39 is 10.0 Å². The molecule has 188 valence electrons. The van der Waals surface area contributed by atoms with E-state index in [1.807, 2.05) is 48.5 Å². The van der Waals surface area contributed by atoms with Crippen molar-refractivity contribution in [3.8, 4) is 28.4 Å². The monoisotopic (exact) mass is 504 g/mol. The highest BCUT2D eigenvalue weighted by molar-refractivity contribution is 7.89. The first-order chi connectivity index (χ1) is 17.5. The van der Waals surface area contributed by atoms with Crippen LogP contribution in [0.2, 0.25) is 0 Å². The smallest absolute Gasteiger partial charge is 0.240 e. The SMILES string of the molecule is CCCCCc1ccc(S(=O)(=O)NCCc2[nH]c(-c3cccnc3)nc2-c2ccc(OC)cc2)cc1. The van der Waals surface area contributed by atoms with Gasteiger partial charge < -0.3 is 9.72 Å². The van der Waals surface area contributed by atoms with Crippen LogP contribution in [0.15, 0.2) is 78.0 Å². The topological polar surface area (TPSA) is 97.0 Å². The molecule has 0 amide bonds. The largest absolute Gasteiger partial charge is 0.497 e. The molecule has 0 atom stereocenters. The van der Waals surface area contributed by atoms with E-state index in [2.05, 4.69) is 21.6 Å². The van der Waals surface area contributed by atoms with Crippen molar-refractivity contribution in [1.82, 2.24) is 19.7 Å². The van der Waals surface area contributed by atoms with Crippen LogP contribution < -0.4 is 9.46 Å². The van der Waals surface area contributed by atoms with Crippen molar-refractivity contribution in [3.05, 3.63) is 84.3 Å². The Balaban J connectivity index is 1.49. The van der Waals surface area contributed by atoms with E-state index >= 15 is 0 Å². The average Bonchev–Trinajstić information content (AvgIpc) is 3.34. The van der Waals surface area contributed by atoms with Gasteiger partial charge in [-0.15, -0.1) is 0 Å². The maximum absolute atomic E-state index is 12.9. The lowest BCUT2D eigenvalue weighted by molar-refractivity contribution is 0.415. The van der Waals surface area contributed by atoms with Crippen molar-refractivity contribution in [2.24, 2.45) is 0 Å². The number of imidazole rings is 1. The number of nitrogens with zero attached hydrogens (tertiary/aromatic N) is 2. The molecule has 0 bridgehead atoms. The van der Waals surface area contributed by atoms with Gasteiger partial charge in [-0.05, 0) is 66.9 Å². The summed E-state index contributed by atoms with van der Waals surface area (Å²) in [6.07, 6.45) is 8.33. The summed E-state index contributed by atoms with van der Waals surface area (Å²) in [6.45, 7) is 2.41. The van der Waals surface area contributed by atoms with E-state index in [4.69, 9.17) is 9.72 Å². The van der Waals surface area contributed by atoms with Gasteiger partial charge in [0.25, 0.3) is 0 Å². The fraction of sp³-hybridized carbons (Fsp3) is 0.286. The van der Waals surface area contributed by atoms with Crippen LogP contribution in [0.4, 0.5) is 0 Å². The normalized spacial score (nSPS) is 11.5. The van der Waals surface area contributed by atoms with Crippen molar-refractivity contribution in [3.63, 3.8) is 0 Å². The molecular formula is C28H32N4O3S. The number of hydrogen-bond donors (Lipinski definition) is 2. The molecule has 2 heterocycles. The van der Waals surface area contributed by atoms with Crippen LogP contribution in [0.5, 0.6) is 5.75 Å². The minimum atomic E-state index is -3.62. The van der Waals surface area contributed by atoms with Gasteiger partial charge in [0.15, 0.2) is 0 Å². The molecule has 0 spiro atoms. The zero-order valence-electron chi connectivity index (χ0n) is 20.7. The summed E-state index contributed by atoms with van der Waals surface area (Å²) in [7, 11) is -1.99. The Kier molecular flexibility index (Phi) is 8.51. The lowest BCUT2D eigenvalue weighted by Crippen LogP contribution is -2.26. The van der Waals surface area contributed by atoms with Crippen molar-refractivity contribution >= 4 is 10.0 Å². The van der Waals surface area contributed by atoms with E-state index in [0.717, 1.165) is 53.1 Å². The summed E-state index contributed by atoms with van der Waals surface area (Å²) in [5.41, 5.74) is 4.55. The van der Waals surface area contributed by atoms with Gasteiger partial charge in [0.2, 0.25) is 10.0 Å². The Morgan fingerprint density at radius 1 is 0.944 bits per heavy atom. The minimum absolute atomic E-state index is 0.235. The molecule has 2 aromatic carbocycles. The first-order valence-electron chi connectivity index (χ1n) is 12.2. The quantitative estimate of drug-likeness (QED) is 0.252. The second kappa shape index (κ2) is 12.0. The predicted octanol–water partition coefficient (Wildman–Crippen LogP) is 5.40. The Hall–Kier alpha value is -3.49. The van der Waals surface area contributed by atoms with Crippen molar-refractivity contribution in [2.75, 3.05) is 13.7 Å². The Labute approximate surface area is 213 Å². The maximum atomic E-state index is 12.9. The number of nitrogens with one attached hydrogen (secondary N) is 2. The van der Waals surface area contributed by atoms with Gasteiger partial charge in [0.05, 0.1) is 17.7 Å². The number of hydrogen-bond acceptors (Lipinski definition) is 5. The molecule has 2 N–H and O–H groups in total. The number of H-pyrrole nitrogens is 1. The van der Waals surface area contributed by atoms with Gasteiger partial charge in [0, 0.05) is 42.2 Å². The minimum Gasteiger partial charge on any atom is -0.497 e. The highest BCUT2D eigenvalue weighted by Crippen LogP contribution is 2.28. The molecule has 2 aromatic heterocycles. The molecule has 4 aromatic rings. The molecule has 36 heavy (non-hydrogen) atoms. The summed E-state index contributed by atoms with van der Waals surface area (Å²) in [5.74, 6) is 1.44. The van der Waals surface area contributed by atoms with Crippen LogP contribution in [-0.4, -0.2) is 37.0 Å². The fourth-order valence-electron chi connectivity index (χ4n) is 4.03. The molecular weight excluding hydrogens is 472 g/mol. The number of aromatic nitrogens is 3. The van der Waals surface area contributed by atoms with Gasteiger partial charge >= 0.3 is 0 Å². The molecule has 7 nitrogen and oxygen atoms in total. The highest BCUT2D eigenvalue weighted by atomic mass is 32.2. The average molecular weight is 505 g/mol. The number of ether oxygens (including phenoxy) is 1. The second-order valence-corrected chi connectivity index (χ2v) is 10.4. The van der Waals surface area contributed by atoms with E-state index in [9.17, 15) is 8.42 Å². The standard InChI is InChI=1S/C28H32N4O3S/c1-3-4-5-7-21-9-15-25(16-10-21)36(33,34)30-19-17-26-27(22-11-13-24(35-2)14-12-22)32-28(31-26)23-8-6-18-29-20-23/h6,8-16,18,20,30H,3-5,7,17,19H2,1-2H3,(H,31,32). The maximum Gasteiger partial charge on any atom is 0.240 e. The van der Waals surface area contributed by atoms with Gasteiger partial charge in [-0.2, -0.15) is 0 Å². The van der Waals surface area contributed by atoms with E-state index in [0.29, 0.717) is 12.2 Å². The first-order valence-corrected chi connectivity index (χ1v) is 13.7. The number of methoxy groups -OCH3 is 1. The molecule has 0 saturated heterocycles. The number of benzene rings is 2. The Morgan fingerprint density at radius 3 is 2.39 bits per heavy atom. The van der Waals surface area contributed by atoms with E-state index in [1.165, 1.54) is 6.42 Å². The number of unbranched alkanes of at least 4 members (excludes halogenated alkanes) is 2. The third kappa shape index (κ3) is 6.38. The molecule has 0 fully saturated rings. The number of pyridine rings is 1. The fourth-order valence-corrected chi connectivity index (χ4v) is 5.06. The summed E-state index contributed by atoms with van der Waals surface area (Å²) in [4.78, 5) is 12.6. The van der Waals surface area contributed by atoms with Crippen molar-refractivity contribution < 1.29 is 13.2 Å². The highest BCUT2D eigenvalue weighted by Gasteiger charge is 2.17. The van der Waals surface area contributed by atoms with E-state index in [1.54, 1.807) is 31.6 Å². The summed E-state index contributed by atoms with van der Waals surface area (Å²) in [5, 5.41) is 0. The Bertz CT molecular complexity index is 1350. The van der Waals surface area contributed by atoms with Crippen LogP contribution in [0.1, 0.15) is 37.4 Å². The van der Waals surface area contributed by atoms with Gasteiger partial charge in [-0.25, -0.2) is 18.1 Å². The molecule has 0 saturated carbocycles. The second-order valence-electron chi connectivity index (χ2n) is 8.63. The summed E-state index contributed by atoms with van der Waals surface area (Å²) >= 11 is 0. The first kappa shape index (κ1) is 25.6. The van der Waals surface area contributed by atoms with Gasteiger partial charge in [-0.3, -0.25) is 4.98 Å². The Morgan fingerprint density at radius 2 is 1.72 bits per heavy atom. The molecule has 0 radical (unpaired) electrons. The van der Waals surface area contributed by atoms with Crippen LogP contribution >= 0.6 is 0 Å². The number of aromatic amines is 1. The predicted molar refractivity (Wildman–Crippen MR) is 142 cm³/mol. The van der Waals surface area contributed by atoms with Gasteiger partial charge in [0.1, 0.15) is 11.6 Å². The van der Waals surface area contributed by atoms with Crippen LogP contribution in [0.25, 0.3) is 22.6 Å². The number of aryl methyl sites for hydroxylation is 1. The van der Waals surface area contributed by atoms with Crippen LogP contribution in [-0.2, 0) is 22.9 Å². The zero-order chi connectivity index (χ0) is 25.4. The van der Waals surface area contributed by atoms with Crippen LogP contribution in [0, 0.1) is 0 Å². The third-order valence-electron chi connectivity index (χ3n) is 6.05. The van der Waals surface area contributed by atoms with E-state index in [-0.39, 0.29) is 11.4 Å². The number of rotatable bonds is 12. The van der Waals surface area contributed by atoms with Crippen molar-refractivity contribution in [2.45, 2.75) is 43.9 Å². The number of sulfonamides is 1. The molecule has 0 aliphatic heterocycles. The zero-order valence-corrected chi connectivity index (χ0v) is 21.5. The van der Waals surface area contributed by atoms with Gasteiger partial charge in [-0.1, -0.05) is 31.9 Å². The lowest BCUT2D eigenvalue weighted by Gasteiger charge is -2.08. The van der Waals surface area contributed by atoms with Crippen molar-refractivity contribution in [1.29, 1.82) is 0 Å².